The maximum Gasteiger partial charge on any atom is 0.333 e. The molecule has 0 aromatic carbocycles. The van der Waals surface area contributed by atoms with Gasteiger partial charge in [0, 0.05) is 42.5 Å². The van der Waals surface area contributed by atoms with Gasteiger partial charge in [0.2, 0.25) is 17.7 Å². The van der Waals surface area contributed by atoms with Crippen molar-refractivity contribution in [1.29, 1.82) is 0 Å². The Morgan fingerprint density at radius 2 is 1.93 bits per heavy atom. The zero-order valence-corrected chi connectivity index (χ0v) is 16.7. The van der Waals surface area contributed by atoms with Gasteiger partial charge >= 0.3 is 12.0 Å². The molecule has 1 aromatic heterocycles. The zero-order valence-electron chi connectivity index (χ0n) is 15.9. The molecule has 3 atom stereocenters. The van der Waals surface area contributed by atoms with Crippen LogP contribution in [0.1, 0.15) is 38.5 Å². The summed E-state index contributed by atoms with van der Waals surface area (Å²) in [5, 5.41) is 27.8. The number of aromatic hydroxyl groups is 2. The minimum atomic E-state index is -0.623. The van der Waals surface area contributed by atoms with E-state index < -0.39 is 5.97 Å². The van der Waals surface area contributed by atoms with Crippen LogP contribution >= 0.6 is 11.8 Å². The average molecular weight is 426 g/mol. The van der Waals surface area contributed by atoms with Crippen molar-refractivity contribution in [2.75, 3.05) is 12.3 Å². The highest BCUT2D eigenvalue weighted by Crippen LogP contribution is 2.33. The summed E-state index contributed by atoms with van der Waals surface area (Å²) in [7, 11) is 0. The van der Waals surface area contributed by atoms with Crippen LogP contribution in [0.25, 0.3) is 0 Å². The van der Waals surface area contributed by atoms with Crippen molar-refractivity contribution in [2.45, 2.75) is 55.9 Å². The van der Waals surface area contributed by atoms with Gasteiger partial charge in [-0.25, -0.2) is 9.59 Å². The number of rotatable bonds is 10. The average Bonchev–Trinajstić information content (AvgIpc) is 3.32. The molecule has 5 N–H and O–H groups in total. The number of thioether (sulfide) groups is 1. The van der Waals surface area contributed by atoms with Crippen LogP contribution in [0.5, 0.6) is 11.8 Å². The maximum absolute atomic E-state index is 11.9. The number of aromatic nitrogens is 1. The Kier molecular flexibility index (Phi) is 7.13. The number of urea groups is 1. The summed E-state index contributed by atoms with van der Waals surface area (Å²) < 4.78 is 0.638. The number of carbonyl (C=O) groups is 3. The van der Waals surface area contributed by atoms with Crippen molar-refractivity contribution in [1.82, 2.24) is 20.7 Å². The van der Waals surface area contributed by atoms with Crippen molar-refractivity contribution in [2.24, 2.45) is 0 Å². The summed E-state index contributed by atoms with van der Waals surface area (Å²) in [6, 6.07) is 2.73. The molecular weight excluding hydrogens is 400 g/mol. The molecule has 3 heterocycles. The third-order valence-electron chi connectivity index (χ3n) is 4.95. The molecule has 3 rings (SSSR count). The fourth-order valence-electron chi connectivity index (χ4n) is 3.47. The molecular formula is C18H26N4O6S. The molecule has 3 amide bonds. The van der Waals surface area contributed by atoms with E-state index in [0.29, 0.717) is 29.4 Å². The van der Waals surface area contributed by atoms with E-state index in [9.17, 15) is 24.6 Å². The second kappa shape index (κ2) is 9.77. The summed E-state index contributed by atoms with van der Waals surface area (Å²) in [5.41, 5.74) is 0. The molecule has 0 bridgehead atoms. The number of carbonyl (C=O) groups excluding carboxylic acids is 3. The standard InChI is InChI=1S/C18H26N4O6S/c23-13(5-2-1-4-12-17-11(10-29-12)20-18(27)21-17)19-9-3-6-16(26)28-22-14(24)7-8-15(22)25/h7-8,11-12,17,24-25H,1-6,9-10H2,(H,19,23)(H2,20,21,27)/t11-,12-,17-/m0/s1. The monoisotopic (exact) mass is 426 g/mol. The lowest BCUT2D eigenvalue weighted by atomic mass is 10.0. The third-order valence-corrected chi connectivity index (χ3v) is 6.46. The summed E-state index contributed by atoms with van der Waals surface area (Å²) in [6.45, 7) is 0.345. The van der Waals surface area contributed by atoms with Crippen LogP contribution in [0, 0.1) is 0 Å². The van der Waals surface area contributed by atoms with Crippen molar-refractivity contribution in [3.8, 4) is 11.8 Å². The molecule has 1 aromatic rings. The van der Waals surface area contributed by atoms with Crippen LogP contribution in [0.3, 0.4) is 0 Å². The predicted octanol–water partition coefficient (Wildman–Crippen LogP) is 0.477. The fourth-order valence-corrected chi connectivity index (χ4v) is 5.01. The van der Waals surface area contributed by atoms with Gasteiger partial charge in [-0.3, -0.25) is 4.79 Å². The van der Waals surface area contributed by atoms with Crippen LogP contribution < -0.4 is 20.8 Å². The molecule has 0 unspecified atom stereocenters. The van der Waals surface area contributed by atoms with E-state index in [1.54, 1.807) is 0 Å². The van der Waals surface area contributed by atoms with Gasteiger partial charge in [0.05, 0.1) is 12.1 Å². The maximum atomic E-state index is 11.9. The smallest absolute Gasteiger partial charge is 0.333 e. The molecule has 10 nitrogen and oxygen atoms in total. The van der Waals surface area contributed by atoms with Crippen molar-refractivity contribution >= 4 is 29.7 Å². The molecule has 0 spiro atoms. The Labute approximate surface area is 172 Å². The molecule has 160 valence electrons. The number of hydrogen-bond donors (Lipinski definition) is 5. The SMILES string of the molecule is O=C(CCCC[C@@H]1SC[C@@H]2NC(=O)N[C@@H]21)NCCCC(=O)On1c(O)ccc1O. The van der Waals surface area contributed by atoms with Gasteiger partial charge < -0.3 is 31.0 Å². The lowest BCUT2D eigenvalue weighted by molar-refractivity contribution is -0.145. The number of unbranched alkanes of at least 4 members (excludes halogenated alkanes) is 1. The molecule has 2 aliphatic heterocycles. The Morgan fingerprint density at radius 1 is 1.17 bits per heavy atom. The number of hydrogen-bond acceptors (Lipinski definition) is 7. The highest BCUT2D eigenvalue weighted by atomic mass is 32.2. The summed E-state index contributed by atoms with van der Waals surface area (Å²) >= 11 is 1.86. The number of nitrogens with one attached hydrogen (secondary N) is 3. The first-order valence-corrected chi connectivity index (χ1v) is 10.7. The van der Waals surface area contributed by atoms with E-state index in [2.05, 4.69) is 16.0 Å². The normalized spacial score (nSPS) is 22.6. The van der Waals surface area contributed by atoms with Crippen LogP contribution in [-0.2, 0) is 9.59 Å². The Hall–Kier alpha value is -2.56. The van der Waals surface area contributed by atoms with Gasteiger partial charge in [0.1, 0.15) is 0 Å². The number of amides is 3. The molecule has 2 saturated heterocycles. The van der Waals surface area contributed by atoms with Gasteiger partial charge in [-0.15, -0.1) is 4.73 Å². The van der Waals surface area contributed by atoms with Gasteiger partial charge in [0.25, 0.3) is 0 Å². The third kappa shape index (κ3) is 5.72. The quantitative estimate of drug-likeness (QED) is 0.270. The largest absolute Gasteiger partial charge is 0.492 e. The van der Waals surface area contributed by atoms with Gasteiger partial charge in [-0.05, 0) is 19.3 Å². The van der Waals surface area contributed by atoms with E-state index in [4.69, 9.17) is 4.84 Å². The minimum Gasteiger partial charge on any atom is -0.492 e. The number of fused-ring (bicyclic) bond motifs is 1. The molecule has 2 aliphatic rings. The molecule has 0 radical (unpaired) electrons. The van der Waals surface area contributed by atoms with Crippen LogP contribution in [0.4, 0.5) is 4.79 Å². The van der Waals surface area contributed by atoms with Crippen molar-refractivity contribution in [3.63, 3.8) is 0 Å². The summed E-state index contributed by atoms with van der Waals surface area (Å²) in [6.07, 6.45) is 3.51. The zero-order chi connectivity index (χ0) is 20.8. The van der Waals surface area contributed by atoms with E-state index in [1.807, 2.05) is 11.8 Å². The highest BCUT2D eigenvalue weighted by molar-refractivity contribution is 8.00. The van der Waals surface area contributed by atoms with Crippen molar-refractivity contribution < 1.29 is 29.4 Å². The molecule has 0 saturated carbocycles. The van der Waals surface area contributed by atoms with Crippen LogP contribution in [0.15, 0.2) is 12.1 Å². The Bertz CT molecular complexity index is 735. The first kappa shape index (κ1) is 21.2. The van der Waals surface area contributed by atoms with Crippen LogP contribution in [0.2, 0.25) is 0 Å². The van der Waals surface area contributed by atoms with Gasteiger partial charge in [-0.1, -0.05) is 6.42 Å². The van der Waals surface area contributed by atoms with E-state index in [-0.39, 0.29) is 42.2 Å². The van der Waals surface area contributed by atoms with Gasteiger partial charge in [-0.2, -0.15) is 11.8 Å². The van der Waals surface area contributed by atoms with E-state index >= 15 is 0 Å². The first-order chi connectivity index (χ1) is 13.9. The lowest BCUT2D eigenvalue weighted by Gasteiger charge is -2.16. The first-order valence-electron chi connectivity index (χ1n) is 9.70. The second-order valence-corrected chi connectivity index (χ2v) is 8.40. The second-order valence-electron chi connectivity index (χ2n) is 7.13. The predicted molar refractivity (Wildman–Crippen MR) is 106 cm³/mol. The summed E-state index contributed by atoms with van der Waals surface area (Å²) in [4.78, 5) is 39.8. The van der Waals surface area contributed by atoms with Crippen LogP contribution in [-0.4, -0.2) is 62.5 Å². The fraction of sp³-hybridized carbons (Fsp3) is 0.611. The summed E-state index contributed by atoms with van der Waals surface area (Å²) in [5.74, 6) is -0.501. The molecule has 11 heteroatoms. The van der Waals surface area contributed by atoms with E-state index in [0.717, 1.165) is 25.0 Å². The number of nitrogens with zero attached hydrogens (tertiary/aromatic N) is 1. The molecule has 29 heavy (non-hydrogen) atoms. The Morgan fingerprint density at radius 3 is 2.69 bits per heavy atom. The Balaban J connectivity index is 1.22. The van der Waals surface area contributed by atoms with Crippen molar-refractivity contribution in [3.05, 3.63) is 12.1 Å². The molecule has 0 aliphatic carbocycles. The topological polar surface area (TPSA) is 142 Å². The molecule has 2 fully saturated rings. The highest BCUT2D eigenvalue weighted by Gasteiger charge is 2.42. The van der Waals surface area contributed by atoms with Gasteiger partial charge in [0.15, 0.2) is 0 Å². The lowest BCUT2D eigenvalue weighted by Crippen LogP contribution is -2.36. The van der Waals surface area contributed by atoms with E-state index in [1.165, 1.54) is 12.1 Å². The minimum absolute atomic E-state index is 0.0402.